The molecule has 124 valence electrons. The third kappa shape index (κ3) is 2.78. The van der Waals surface area contributed by atoms with Crippen LogP contribution in [0.15, 0.2) is 35.3 Å². The molecule has 7 heteroatoms. The molecule has 4 rings (SSSR count). The van der Waals surface area contributed by atoms with Gasteiger partial charge in [0.15, 0.2) is 11.3 Å². The molecular formula is C17H18N4O3. The molecule has 1 aromatic carbocycles. The summed E-state index contributed by atoms with van der Waals surface area (Å²) in [5.41, 5.74) is 2.22. The van der Waals surface area contributed by atoms with E-state index in [9.17, 15) is 9.90 Å². The highest BCUT2D eigenvalue weighted by Gasteiger charge is 2.18. The third-order valence-corrected chi connectivity index (χ3v) is 4.40. The van der Waals surface area contributed by atoms with Crippen molar-refractivity contribution in [2.75, 3.05) is 13.2 Å². The van der Waals surface area contributed by atoms with Crippen molar-refractivity contribution in [2.24, 2.45) is 5.92 Å². The van der Waals surface area contributed by atoms with Crippen molar-refractivity contribution in [3.05, 3.63) is 40.9 Å². The summed E-state index contributed by atoms with van der Waals surface area (Å²) in [6.07, 6.45) is 3.49. The summed E-state index contributed by atoms with van der Waals surface area (Å²) in [5.74, 6) is 0.574. The molecule has 0 unspecified atom stereocenters. The van der Waals surface area contributed by atoms with E-state index in [-0.39, 0.29) is 11.4 Å². The molecule has 0 saturated carbocycles. The Hall–Kier alpha value is -2.67. The Balaban J connectivity index is 1.75. The van der Waals surface area contributed by atoms with Crippen LogP contribution < -0.4 is 5.69 Å². The second-order valence-electron chi connectivity index (χ2n) is 6.07. The van der Waals surface area contributed by atoms with Gasteiger partial charge >= 0.3 is 5.69 Å². The van der Waals surface area contributed by atoms with Crippen LogP contribution in [0.3, 0.4) is 0 Å². The average molecular weight is 326 g/mol. The van der Waals surface area contributed by atoms with Crippen molar-refractivity contribution in [1.82, 2.24) is 19.5 Å². The number of nitrogens with zero attached hydrogens (tertiary/aromatic N) is 3. The van der Waals surface area contributed by atoms with Crippen LogP contribution in [0.4, 0.5) is 0 Å². The first-order valence-corrected chi connectivity index (χ1v) is 8.03. The molecule has 2 N–H and O–H groups in total. The van der Waals surface area contributed by atoms with Crippen LogP contribution in [0, 0.1) is 5.92 Å². The number of H-pyrrole nitrogens is 1. The molecule has 0 aliphatic carbocycles. The van der Waals surface area contributed by atoms with E-state index in [2.05, 4.69) is 15.0 Å². The predicted octanol–water partition coefficient (Wildman–Crippen LogP) is 1.92. The topological polar surface area (TPSA) is 93.0 Å². The summed E-state index contributed by atoms with van der Waals surface area (Å²) in [6.45, 7) is 2.09. The first-order valence-electron chi connectivity index (χ1n) is 8.03. The third-order valence-electron chi connectivity index (χ3n) is 4.40. The quantitative estimate of drug-likeness (QED) is 0.767. The lowest BCUT2D eigenvalue weighted by Crippen LogP contribution is -2.26. The molecule has 0 radical (unpaired) electrons. The lowest BCUT2D eigenvalue weighted by atomic mass is 10.0. The minimum atomic E-state index is -0.190. The van der Waals surface area contributed by atoms with E-state index in [1.54, 1.807) is 29.0 Å². The standard InChI is InChI=1S/C17H18N4O3/c22-13-3-1-2-12(8-13)14-9-18-15-16(19-14)21(17(23)20-15)10-11-4-6-24-7-5-11/h1-3,8-9,11,22H,4-7,10H2,(H,18,20,23). The van der Waals surface area contributed by atoms with Gasteiger partial charge in [0.05, 0.1) is 11.9 Å². The number of rotatable bonds is 3. The average Bonchev–Trinajstić information content (AvgIpc) is 2.91. The SMILES string of the molecule is O=c1[nH]c2ncc(-c3cccc(O)c3)nc2n1CC1CCOCC1. The van der Waals surface area contributed by atoms with E-state index in [1.807, 2.05) is 6.07 Å². The Morgan fingerprint density at radius 2 is 2.17 bits per heavy atom. The fourth-order valence-corrected chi connectivity index (χ4v) is 3.08. The molecule has 3 heterocycles. The van der Waals surface area contributed by atoms with Crippen LogP contribution in [0.25, 0.3) is 22.6 Å². The van der Waals surface area contributed by atoms with Crippen molar-refractivity contribution in [3.63, 3.8) is 0 Å². The second-order valence-corrected chi connectivity index (χ2v) is 6.07. The van der Waals surface area contributed by atoms with Crippen molar-refractivity contribution < 1.29 is 9.84 Å². The molecule has 1 aliphatic rings. The summed E-state index contributed by atoms with van der Waals surface area (Å²) in [4.78, 5) is 23.9. The predicted molar refractivity (Wildman–Crippen MR) is 88.8 cm³/mol. The highest BCUT2D eigenvalue weighted by Crippen LogP contribution is 2.23. The fraction of sp³-hybridized carbons (Fsp3) is 0.353. The summed E-state index contributed by atoms with van der Waals surface area (Å²) in [7, 11) is 0. The first kappa shape index (κ1) is 14.9. The zero-order valence-corrected chi connectivity index (χ0v) is 13.1. The molecule has 1 aliphatic heterocycles. The van der Waals surface area contributed by atoms with Crippen molar-refractivity contribution >= 4 is 11.3 Å². The van der Waals surface area contributed by atoms with Gasteiger partial charge < -0.3 is 9.84 Å². The van der Waals surface area contributed by atoms with E-state index in [0.717, 1.165) is 31.6 Å². The Labute approximate surface area is 138 Å². The van der Waals surface area contributed by atoms with E-state index in [0.29, 0.717) is 29.5 Å². The molecule has 24 heavy (non-hydrogen) atoms. The molecule has 0 bridgehead atoms. The van der Waals surface area contributed by atoms with Gasteiger partial charge in [0.1, 0.15) is 5.75 Å². The second kappa shape index (κ2) is 6.09. The highest BCUT2D eigenvalue weighted by atomic mass is 16.5. The van der Waals surface area contributed by atoms with Crippen LogP contribution in [-0.2, 0) is 11.3 Å². The van der Waals surface area contributed by atoms with Gasteiger partial charge in [-0.05, 0) is 30.9 Å². The lowest BCUT2D eigenvalue weighted by molar-refractivity contribution is 0.0613. The zero-order chi connectivity index (χ0) is 16.5. The number of aromatic amines is 1. The van der Waals surface area contributed by atoms with Gasteiger partial charge in [0.2, 0.25) is 0 Å². The smallest absolute Gasteiger partial charge is 0.328 e. The molecule has 0 spiro atoms. The summed E-state index contributed by atoms with van der Waals surface area (Å²) in [6, 6.07) is 6.84. The van der Waals surface area contributed by atoms with Crippen molar-refractivity contribution in [1.29, 1.82) is 0 Å². The van der Waals surface area contributed by atoms with E-state index in [1.165, 1.54) is 0 Å². The molecule has 1 fully saturated rings. The maximum Gasteiger partial charge on any atom is 0.328 e. The summed E-state index contributed by atoms with van der Waals surface area (Å²) in [5, 5.41) is 9.64. The number of hydrogen-bond donors (Lipinski definition) is 2. The monoisotopic (exact) mass is 326 g/mol. The summed E-state index contributed by atoms with van der Waals surface area (Å²) >= 11 is 0. The van der Waals surface area contributed by atoms with E-state index >= 15 is 0 Å². The maximum atomic E-state index is 12.3. The van der Waals surface area contributed by atoms with Gasteiger partial charge in [-0.1, -0.05) is 12.1 Å². The van der Waals surface area contributed by atoms with Crippen LogP contribution in [0.1, 0.15) is 12.8 Å². The number of phenols is 1. The molecule has 3 aromatic rings. The van der Waals surface area contributed by atoms with Gasteiger partial charge in [-0.15, -0.1) is 0 Å². The van der Waals surface area contributed by atoms with E-state index in [4.69, 9.17) is 4.74 Å². The Kier molecular flexibility index (Phi) is 3.78. The highest BCUT2D eigenvalue weighted by molar-refractivity contribution is 5.71. The number of phenolic OH excluding ortho intramolecular Hbond substituents is 1. The Morgan fingerprint density at radius 3 is 2.96 bits per heavy atom. The number of nitrogens with one attached hydrogen (secondary N) is 1. The van der Waals surface area contributed by atoms with Crippen LogP contribution in [0.5, 0.6) is 5.75 Å². The molecule has 2 aromatic heterocycles. The number of benzene rings is 1. The molecule has 7 nitrogen and oxygen atoms in total. The number of fused-ring (bicyclic) bond motifs is 1. The van der Waals surface area contributed by atoms with Crippen molar-refractivity contribution in [2.45, 2.75) is 19.4 Å². The van der Waals surface area contributed by atoms with Gasteiger partial charge in [-0.25, -0.2) is 14.8 Å². The van der Waals surface area contributed by atoms with Gasteiger partial charge in [-0.3, -0.25) is 9.55 Å². The van der Waals surface area contributed by atoms with E-state index < -0.39 is 0 Å². The van der Waals surface area contributed by atoms with Gasteiger partial charge in [0.25, 0.3) is 0 Å². The van der Waals surface area contributed by atoms with Gasteiger partial charge in [0, 0.05) is 25.3 Å². The van der Waals surface area contributed by atoms with Crippen LogP contribution in [0.2, 0.25) is 0 Å². The number of hydrogen-bond acceptors (Lipinski definition) is 5. The maximum absolute atomic E-state index is 12.3. The number of aromatic nitrogens is 4. The minimum Gasteiger partial charge on any atom is -0.508 e. The Bertz CT molecular complexity index is 925. The number of aromatic hydroxyl groups is 1. The molecule has 0 atom stereocenters. The largest absolute Gasteiger partial charge is 0.508 e. The lowest BCUT2D eigenvalue weighted by Gasteiger charge is -2.21. The summed E-state index contributed by atoms with van der Waals surface area (Å²) < 4.78 is 7.04. The van der Waals surface area contributed by atoms with Crippen molar-refractivity contribution in [3.8, 4) is 17.0 Å². The first-order chi connectivity index (χ1) is 11.7. The minimum absolute atomic E-state index is 0.170. The molecular weight excluding hydrogens is 308 g/mol. The van der Waals surface area contributed by atoms with Gasteiger partial charge in [-0.2, -0.15) is 0 Å². The number of imidazole rings is 1. The molecule has 1 saturated heterocycles. The normalized spacial score (nSPS) is 15.8. The molecule has 0 amide bonds. The Morgan fingerprint density at radius 1 is 1.33 bits per heavy atom. The zero-order valence-electron chi connectivity index (χ0n) is 13.1. The van der Waals surface area contributed by atoms with Crippen LogP contribution in [-0.4, -0.2) is 37.8 Å². The fourth-order valence-electron chi connectivity index (χ4n) is 3.08. The van der Waals surface area contributed by atoms with Crippen LogP contribution >= 0.6 is 0 Å². The number of ether oxygens (including phenoxy) is 1.